The Labute approximate surface area is 166 Å². The average molecular weight is 377 g/mol. The largest absolute Gasteiger partial charge is 0.488 e. The van der Waals surface area contributed by atoms with Crippen molar-refractivity contribution >= 4 is 11.7 Å². The first-order chi connectivity index (χ1) is 13.6. The molecule has 2 aromatic carbocycles. The van der Waals surface area contributed by atoms with Crippen LogP contribution in [0.25, 0.3) is 11.1 Å². The van der Waals surface area contributed by atoms with Gasteiger partial charge in [0.1, 0.15) is 11.9 Å². The topological polar surface area (TPSA) is 55.4 Å². The summed E-state index contributed by atoms with van der Waals surface area (Å²) in [5.74, 6) is 1.64. The van der Waals surface area contributed by atoms with Gasteiger partial charge in [-0.3, -0.25) is 9.59 Å². The number of hydrogen-bond acceptors (Lipinski definition) is 3. The van der Waals surface area contributed by atoms with E-state index in [1.165, 1.54) is 25.7 Å². The van der Waals surface area contributed by atoms with Gasteiger partial charge in [0.25, 0.3) is 0 Å². The lowest BCUT2D eigenvalue weighted by atomic mass is 9.95. The van der Waals surface area contributed by atoms with Gasteiger partial charge in [0.05, 0.1) is 6.54 Å². The number of ketones is 1. The second-order valence-electron chi connectivity index (χ2n) is 8.03. The van der Waals surface area contributed by atoms with Crippen LogP contribution >= 0.6 is 0 Å². The van der Waals surface area contributed by atoms with E-state index in [9.17, 15) is 9.59 Å². The molecule has 0 radical (unpaired) electrons. The van der Waals surface area contributed by atoms with Gasteiger partial charge in [0.2, 0.25) is 5.91 Å². The van der Waals surface area contributed by atoms with Gasteiger partial charge in [-0.25, -0.2) is 0 Å². The molecule has 0 spiro atoms. The third kappa shape index (κ3) is 4.11. The molecule has 4 heteroatoms. The van der Waals surface area contributed by atoms with E-state index >= 15 is 0 Å². The van der Waals surface area contributed by atoms with Crippen LogP contribution in [-0.4, -0.2) is 24.3 Å². The summed E-state index contributed by atoms with van der Waals surface area (Å²) in [6.45, 7) is 2.14. The second-order valence-corrected chi connectivity index (χ2v) is 8.03. The molecule has 4 rings (SSSR count). The highest BCUT2D eigenvalue weighted by atomic mass is 16.5. The molecule has 1 saturated carbocycles. The molecular formula is C24H27NO3. The normalized spacial score (nSPS) is 18.5. The Kier molecular flexibility index (Phi) is 5.47. The Bertz CT molecular complexity index is 883. The Morgan fingerprint density at radius 1 is 1.11 bits per heavy atom. The number of rotatable bonds is 6. The molecule has 2 aromatic rings. The Balaban J connectivity index is 1.39. The van der Waals surface area contributed by atoms with E-state index in [-0.39, 0.29) is 17.8 Å². The fourth-order valence-corrected chi connectivity index (χ4v) is 4.42. The van der Waals surface area contributed by atoms with Crippen LogP contribution in [0.2, 0.25) is 0 Å². The Morgan fingerprint density at radius 3 is 2.68 bits per heavy atom. The van der Waals surface area contributed by atoms with E-state index in [2.05, 4.69) is 11.4 Å². The number of carbonyl (C=O) groups excluding carboxylic acids is 2. The predicted molar refractivity (Wildman–Crippen MR) is 110 cm³/mol. The van der Waals surface area contributed by atoms with E-state index in [1.807, 2.05) is 36.4 Å². The highest BCUT2D eigenvalue weighted by molar-refractivity contribution is 6.00. The maximum atomic E-state index is 12.2. The molecule has 1 aliphatic heterocycles. The van der Waals surface area contributed by atoms with Gasteiger partial charge in [0.15, 0.2) is 5.78 Å². The minimum absolute atomic E-state index is 0.0270. The zero-order valence-electron chi connectivity index (χ0n) is 16.4. The van der Waals surface area contributed by atoms with Crippen LogP contribution in [0.3, 0.4) is 0 Å². The van der Waals surface area contributed by atoms with Crippen LogP contribution < -0.4 is 10.1 Å². The van der Waals surface area contributed by atoms with Gasteiger partial charge < -0.3 is 10.1 Å². The highest BCUT2D eigenvalue weighted by Gasteiger charge is 2.25. The van der Waals surface area contributed by atoms with Crippen LogP contribution in [0.15, 0.2) is 42.5 Å². The number of hydrogen-bond donors (Lipinski definition) is 1. The van der Waals surface area contributed by atoms with Crippen molar-refractivity contribution in [1.29, 1.82) is 0 Å². The van der Waals surface area contributed by atoms with Crippen molar-refractivity contribution in [3.05, 3.63) is 53.6 Å². The zero-order valence-corrected chi connectivity index (χ0v) is 16.4. The lowest BCUT2D eigenvalue weighted by Crippen LogP contribution is -2.35. The number of amides is 1. The smallest absolute Gasteiger partial charge is 0.220 e. The standard InChI is InChI=1S/C24H27NO3/c1-16(26)21-8-4-5-9-22(21)18-10-11-23-19(13-18)14-20(28-23)15-25-24(27)12-17-6-2-3-7-17/h4-5,8-11,13,17,20H,2-3,6-7,12,14-15H2,1H3,(H,25,27). The third-order valence-electron chi connectivity index (χ3n) is 5.89. The lowest BCUT2D eigenvalue weighted by molar-refractivity contribution is -0.122. The summed E-state index contributed by atoms with van der Waals surface area (Å²) in [5, 5.41) is 3.05. The molecule has 1 amide bonds. The number of nitrogens with one attached hydrogen (secondary N) is 1. The summed E-state index contributed by atoms with van der Waals surface area (Å²) in [7, 11) is 0. The van der Waals surface area contributed by atoms with Gasteiger partial charge >= 0.3 is 0 Å². The Morgan fingerprint density at radius 2 is 1.89 bits per heavy atom. The fourth-order valence-electron chi connectivity index (χ4n) is 4.42. The molecule has 1 unspecified atom stereocenters. The summed E-state index contributed by atoms with van der Waals surface area (Å²) < 4.78 is 6.01. The molecule has 1 atom stereocenters. The van der Waals surface area contributed by atoms with Crippen LogP contribution in [0, 0.1) is 5.92 Å². The first-order valence-electron chi connectivity index (χ1n) is 10.3. The number of Topliss-reactive ketones (excluding diaryl/α,β-unsaturated/α-hetero) is 1. The average Bonchev–Trinajstić information content (AvgIpc) is 3.35. The minimum atomic E-state index is -0.0270. The molecule has 146 valence electrons. The predicted octanol–water partition coefficient (Wildman–Crippen LogP) is 4.56. The van der Waals surface area contributed by atoms with Crippen molar-refractivity contribution in [2.45, 2.75) is 51.6 Å². The SMILES string of the molecule is CC(=O)c1ccccc1-c1ccc2c(c1)CC(CNC(=O)CC1CCCC1)O2. The molecule has 1 heterocycles. The monoisotopic (exact) mass is 377 g/mol. The quantitative estimate of drug-likeness (QED) is 0.751. The minimum Gasteiger partial charge on any atom is -0.488 e. The van der Waals surface area contributed by atoms with E-state index in [0.717, 1.165) is 34.4 Å². The third-order valence-corrected chi connectivity index (χ3v) is 5.89. The number of carbonyl (C=O) groups is 2. The molecule has 2 aliphatic rings. The van der Waals surface area contributed by atoms with Crippen LogP contribution in [0.1, 0.15) is 54.9 Å². The molecule has 28 heavy (non-hydrogen) atoms. The fraction of sp³-hybridized carbons (Fsp3) is 0.417. The van der Waals surface area contributed by atoms with Crippen molar-refractivity contribution in [1.82, 2.24) is 5.32 Å². The van der Waals surface area contributed by atoms with Crippen molar-refractivity contribution in [3.63, 3.8) is 0 Å². The van der Waals surface area contributed by atoms with E-state index in [4.69, 9.17) is 4.74 Å². The van der Waals surface area contributed by atoms with Crippen molar-refractivity contribution < 1.29 is 14.3 Å². The van der Waals surface area contributed by atoms with Gasteiger partial charge in [-0.05, 0) is 54.5 Å². The lowest BCUT2D eigenvalue weighted by Gasteiger charge is -2.13. The molecule has 1 fully saturated rings. The van der Waals surface area contributed by atoms with Crippen LogP contribution in [-0.2, 0) is 11.2 Å². The van der Waals surface area contributed by atoms with E-state index < -0.39 is 0 Å². The zero-order chi connectivity index (χ0) is 19.5. The van der Waals surface area contributed by atoms with Crippen LogP contribution in [0.5, 0.6) is 5.75 Å². The molecule has 1 N–H and O–H groups in total. The highest BCUT2D eigenvalue weighted by Crippen LogP contribution is 2.34. The van der Waals surface area contributed by atoms with E-state index in [1.54, 1.807) is 6.92 Å². The van der Waals surface area contributed by atoms with Gasteiger partial charge in [0, 0.05) is 18.4 Å². The summed E-state index contributed by atoms with van der Waals surface area (Å²) in [5.41, 5.74) is 3.84. The first-order valence-corrected chi connectivity index (χ1v) is 10.3. The number of ether oxygens (including phenoxy) is 1. The maximum absolute atomic E-state index is 12.2. The summed E-state index contributed by atoms with van der Waals surface area (Å²) in [4.78, 5) is 24.1. The van der Waals surface area contributed by atoms with Crippen molar-refractivity contribution in [2.75, 3.05) is 6.54 Å². The second kappa shape index (κ2) is 8.17. The molecule has 1 aliphatic carbocycles. The molecule has 4 nitrogen and oxygen atoms in total. The molecule has 0 bridgehead atoms. The maximum Gasteiger partial charge on any atom is 0.220 e. The molecule has 0 aromatic heterocycles. The molecule has 0 saturated heterocycles. The summed E-state index contributed by atoms with van der Waals surface area (Å²) >= 11 is 0. The first kappa shape index (κ1) is 18.7. The number of fused-ring (bicyclic) bond motifs is 1. The Hall–Kier alpha value is -2.62. The number of benzene rings is 2. The van der Waals surface area contributed by atoms with Crippen molar-refractivity contribution in [2.24, 2.45) is 5.92 Å². The van der Waals surface area contributed by atoms with Gasteiger partial charge in [-0.15, -0.1) is 0 Å². The molecular weight excluding hydrogens is 350 g/mol. The van der Waals surface area contributed by atoms with Gasteiger partial charge in [-0.1, -0.05) is 43.2 Å². The van der Waals surface area contributed by atoms with Crippen LogP contribution in [0.4, 0.5) is 0 Å². The summed E-state index contributed by atoms with van der Waals surface area (Å²) in [6, 6.07) is 13.8. The van der Waals surface area contributed by atoms with Gasteiger partial charge in [-0.2, -0.15) is 0 Å². The van der Waals surface area contributed by atoms with E-state index in [0.29, 0.717) is 18.9 Å². The van der Waals surface area contributed by atoms with Crippen molar-refractivity contribution in [3.8, 4) is 16.9 Å². The summed E-state index contributed by atoms with van der Waals surface area (Å²) in [6.07, 6.45) is 6.27.